The molecule has 2 aliphatic rings. The Bertz CT molecular complexity index is 370. The first kappa shape index (κ1) is 15.3. The Kier molecular flexibility index (Phi) is 5.38. The zero-order chi connectivity index (χ0) is 14.4. The van der Waals surface area contributed by atoms with E-state index in [1.165, 1.54) is 0 Å². The van der Waals surface area contributed by atoms with E-state index in [1.807, 2.05) is 0 Å². The molecule has 1 saturated carbocycles. The van der Waals surface area contributed by atoms with Gasteiger partial charge in [-0.05, 0) is 57.4 Å². The Morgan fingerprint density at radius 3 is 2.80 bits per heavy atom. The van der Waals surface area contributed by atoms with Gasteiger partial charge in [0.05, 0.1) is 12.6 Å². The largest absolute Gasteiger partial charge is 0.396 e. The number of likely N-dealkylation sites (tertiary alicyclic amines) is 1. The average molecular weight is 279 g/mol. The van der Waals surface area contributed by atoms with Crippen molar-refractivity contribution in [2.24, 2.45) is 5.92 Å². The van der Waals surface area contributed by atoms with Crippen LogP contribution in [0.2, 0.25) is 0 Å². The fraction of sp³-hybridized carbons (Fsp3) is 0.867. The van der Waals surface area contributed by atoms with Crippen molar-refractivity contribution in [3.63, 3.8) is 0 Å². The first-order valence-corrected chi connectivity index (χ1v) is 7.73. The molecule has 5 heteroatoms. The smallest absolute Gasteiger partial charge is 0.235 e. The van der Waals surface area contributed by atoms with Crippen molar-refractivity contribution in [2.75, 3.05) is 26.2 Å². The summed E-state index contributed by atoms with van der Waals surface area (Å²) >= 11 is 0. The van der Waals surface area contributed by atoms with E-state index in [0.29, 0.717) is 12.5 Å². The zero-order valence-electron chi connectivity index (χ0n) is 12.1. The summed E-state index contributed by atoms with van der Waals surface area (Å²) in [5, 5.41) is 21.2. The molecule has 5 nitrogen and oxygen atoms in total. The molecular formula is C15H25N3O2. The molecule has 0 spiro atoms. The van der Waals surface area contributed by atoms with E-state index < -0.39 is 5.54 Å². The number of aliphatic hydroxyl groups excluding tert-OH is 1. The number of hydrogen-bond acceptors (Lipinski definition) is 4. The molecule has 1 heterocycles. The maximum atomic E-state index is 12.1. The van der Waals surface area contributed by atoms with Gasteiger partial charge >= 0.3 is 0 Å². The molecule has 0 aromatic carbocycles. The minimum Gasteiger partial charge on any atom is -0.396 e. The van der Waals surface area contributed by atoms with Gasteiger partial charge in [0.25, 0.3) is 0 Å². The highest BCUT2D eigenvalue weighted by Gasteiger charge is 2.35. The summed E-state index contributed by atoms with van der Waals surface area (Å²) in [6, 6.07) is 2.29. The van der Waals surface area contributed by atoms with Crippen LogP contribution in [0.15, 0.2) is 0 Å². The number of nitrogens with one attached hydrogen (secondary N) is 1. The van der Waals surface area contributed by atoms with Crippen LogP contribution in [-0.4, -0.2) is 47.7 Å². The molecule has 2 rings (SSSR count). The summed E-state index contributed by atoms with van der Waals surface area (Å²) in [6.45, 7) is 2.43. The molecule has 2 N–H and O–H groups in total. The molecule has 0 aromatic heterocycles. The molecule has 0 radical (unpaired) electrons. The monoisotopic (exact) mass is 279 g/mol. The van der Waals surface area contributed by atoms with Gasteiger partial charge in [-0.3, -0.25) is 9.69 Å². The Morgan fingerprint density at radius 2 is 2.15 bits per heavy atom. The Labute approximate surface area is 120 Å². The topological polar surface area (TPSA) is 76.4 Å². The number of amides is 1. The fourth-order valence-corrected chi connectivity index (χ4v) is 3.47. The third-order valence-electron chi connectivity index (χ3n) is 4.56. The number of hydrogen-bond donors (Lipinski definition) is 2. The van der Waals surface area contributed by atoms with Gasteiger partial charge in [0.2, 0.25) is 5.91 Å². The molecule has 112 valence electrons. The first-order valence-electron chi connectivity index (χ1n) is 7.73. The maximum Gasteiger partial charge on any atom is 0.235 e. The van der Waals surface area contributed by atoms with Gasteiger partial charge in [0.15, 0.2) is 0 Å². The molecular weight excluding hydrogens is 254 g/mol. The number of carbonyl (C=O) groups excluding carboxylic acids is 1. The van der Waals surface area contributed by atoms with E-state index in [0.717, 1.165) is 58.0 Å². The predicted octanol–water partition coefficient (Wildman–Crippen LogP) is 1.03. The van der Waals surface area contributed by atoms with Gasteiger partial charge in [-0.15, -0.1) is 0 Å². The van der Waals surface area contributed by atoms with E-state index in [9.17, 15) is 10.1 Å². The lowest BCUT2D eigenvalue weighted by atomic mass is 9.95. The normalized spacial score (nSPS) is 26.1. The second-order valence-corrected chi connectivity index (χ2v) is 6.20. The average Bonchev–Trinajstić information content (AvgIpc) is 2.88. The molecule has 1 saturated heterocycles. The minimum absolute atomic E-state index is 0.0295. The van der Waals surface area contributed by atoms with Crippen molar-refractivity contribution < 1.29 is 9.90 Å². The highest BCUT2D eigenvalue weighted by molar-refractivity contribution is 5.79. The van der Waals surface area contributed by atoms with Crippen LogP contribution in [0.5, 0.6) is 0 Å². The van der Waals surface area contributed by atoms with Crippen LogP contribution in [0.25, 0.3) is 0 Å². The summed E-state index contributed by atoms with van der Waals surface area (Å²) in [7, 11) is 0. The highest BCUT2D eigenvalue weighted by Crippen LogP contribution is 2.28. The van der Waals surface area contributed by atoms with E-state index in [4.69, 9.17) is 5.11 Å². The Morgan fingerprint density at radius 1 is 1.40 bits per heavy atom. The van der Waals surface area contributed by atoms with Crippen molar-refractivity contribution in [1.82, 2.24) is 10.2 Å². The quantitative estimate of drug-likeness (QED) is 0.788. The molecule has 1 unspecified atom stereocenters. The van der Waals surface area contributed by atoms with Crippen LogP contribution >= 0.6 is 0 Å². The van der Waals surface area contributed by atoms with Crippen molar-refractivity contribution in [1.29, 1.82) is 5.26 Å². The van der Waals surface area contributed by atoms with Crippen molar-refractivity contribution >= 4 is 5.91 Å². The van der Waals surface area contributed by atoms with Crippen LogP contribution < -0.4 is 5.32 Å². The second kappa shape index (κ2) is 7.05. The lowest BCUT2D eigenvalue weighted by Gasteiger charge is -2.33. The molecule has 1 atom stereocenters. The third kappa shape index (κ3) is 3.94. The number of carbonyl (C=O) groups is 1. The van der Waals surface area contributed by atoms with Crippen molar-refractivity contribution in [2.45, 2.75) is 50.5 Å². The van der Waals surface area contributed by atoms with Gasteiger partial charge < -0.3 is 10.4 Å². The van der Waals surface area contributed by atoms with Crippen LogP contribution in [0, 0.1) is 17.2 Å². The van der Waals surface area contributed by atoms with Crippen LogP contribution in [0.1, 0.15) is 44.9 Å². The molecule has 2 fully saturated rings. The summed E-state index contributed by atoms with van der Waals surface area (Å²) in [6.07, 6.45) is 6.65. The molecule has 1 aliphatic carbocycles. The van der Waals surface area contributed by atoms with Crippen LogP contribution in [0.4, 0.5) is 0 Å². The van der Waals surface area contributed by atoms with E-state index in [1.54, 1.807) is 0 Å². The number of piperidine rings is 1. The number of rotatable bonds is 5. The number of aliphatic hydroxyl groups is 1. The Hall–Kier alpha value is -1.12. The second-order valence-electron chi connectivity index (χ2n) is 6.20. The van der Waals surface area contributed by atoms with Gasteiger partial charge in [-0.1, -0.05) is 0 Å². The summed E-state index contributed by atoms with van der Waals surface area (Å²) < 4.78 is 0. The van der Waals surface area contributed by atoms with Crippen molar-refractivity contribution in [3.8, 4) is 6.07 Å². The summed E-state index contributed by atoms with van der Waals surface area (Å²) in [5.74, 6) is 0.469. The molecule has 1 amide bonds. The van der Waals surface area contributed by atoms with Gasteiger partial charge in [0, 0.05) is 13.2 Å². The van der Waals surface area contributed by atoms with E-state index in [2.05, 4.69) is 16.3 Å². The predicted molar refractivity (Wildman–Crippen MR) is 75.8 cm³/mol. The lowest BCUT2D eigenvalue weighted by molar-refractivity contribution is -0.124. The molecule has 0 aromatic rings. The highest BCUT2D eigenvalue weighted by atomic mass is 16.3. The zero-order valence-corrected chi connectivity index (χ0v) is 12.1. The molecule has 1 aliphatic heterocycles. The third-order valence-corrected chi connectivity index (χ3v) is 4.56. The number of nitriles is 1. The lowest BCUT2D eigenvalue weighted by Crippen LogP contribution is -2.50. The van der Waals surface area contributed by atoms with Crippen molar-refractivity contribution in [3.05, 3.63) is 0 Å². The van der Waals surface area contributed by atoms with Crippen LogP contribution in [-0.2, 0) is 4.79 Å². The summed E-state index contributed by atoms with van der Waals surface area (Å²) in [4.78, 5) is 14.3. The Balaban J connectivity index is 1.80. The van der Waals surface area contributed by atoms with E-state index >= 15 is 0 Å². The first-order chi connectivity index (χ1) is 9.67. The molecule has 20 heavy (non-hydrogen) atoms. The fourth-order valence-electron chi connectivity index (χ4n) is 3.47. The molecule has 0 bridgehead atoms. The van der Waals surface area contributed by atoms with Gasteiger partial charge in [-0.25, -0.2) is 0 Å². The van der Waals surface area contributed by atoms with Gasteiger partial charge in [0.1, 0.15) is 5.54 Å². The minimum atomic E-state index is -0.614. The van der Waals surface area contributed by atoms with Crippen LogP contribution in [0.3, 0.4) is 0 Å². The summed E-state index contributed by atoms with van der Waals surface area (Å²) in [5.41, 5.74) is -0.614. The van der Waals surface area contributed by atoms with E-state index in [-0.39, 0.29) is 12.5 Å². The number of nitrogens with zero attached hydrogens (tertiary/aromatic N) is 2. The SMILES string of the molecule is N#CC1(NC(=O)CN2CCCC(CCO)C2)CCCC1. The van der Waals surface area contributed by atoms with Gasteiger partial charge in [-0.2, -0.15) is 5.26 Å². The maximum absolute atomic E-state index is 12.1. The standard InChI is InChI=1S/C15H25N3O2/c16-12-15(6-1-2-7-15)17-14(20)11-18-8-3-4-13(10-18)5-9-19/h13,19H,1-11H2,(H,17,20).